The van der Waals surface area contributed by atoms with Crippen molar-refractivity contribution in [2.24, 2.45) is 5.92 Å². The number of methoxy groups -OCH3 is 2. The average molecular weight is 554 g/mol. The number of benzene rings is 2. The predicted molar refractivity (Wildman–Crippen MR) is 154 cm³/mol. The van der Waals surface area contributed by atoms with Crippen LogP contribution in [0, 0.1) is 5.92 Å². The number of nitrogens with one attached hydrogen (secondary N) is 1. The van der Waals surface area contributed by atoms with Gasteiger partial charge < -0.3 is 24.6 Å². The van der Waals surface area contributed by atoms with Crippen LogP contribution in [-0.4, -0.2) is 67.0 Å². The fourth-order valence-electron chi connectivity index (χ4n) is 6.93. The SMILES string of the molecule is COc1cc(NC(=O)C2(N(C[C@@H]3CCCN4CCCC[C@H]34)C(=O)c3ccc(Cl)cc3)CCCC2)cc(OC)c1. The van der Waals surface area contributed by atoms with Crippen LogP contribution in [0.15, 0.2) is 42.5 Å². The van der Waals surface area contributed by atoms with Gasteiger partial charge in [0.1, 0.15) is 17.0 Å². The van der Waals surface area contributed by atoms with Gasteiger partial charge in [0.05, 0.1) is 14.2 Å². The maximum Gasteiger partial charge on any atom is 0.254 e. The molecule has 1 aliphatic carbocycles. The second kappa shape index (κ2) is 12.2. The summed E-state index contributed by atoms with van der Waals surface area (Å²) in [5.41, 5.74) is 0.236. The molecule has 3 aliphatic rings. The first-order chi connectivity index (χ1) is 18.9. The zero-order valence-corrected chi connectivity index (χ0v) is 23.8. The lowest BCUT2D eigenvalue weighted by atomic mass is 9.81. The molecule has 2 saturated heterocycles. The van der Waals surface area contributed by atoms with Gasteiger partial charge in [-0.05, 0) is 81.8 Å². The van der Waals surface area contributed by atoms with Gasteiger partial charge >= 0.3 is 0 Å². The molecule has 2 amide bonds. The number of piperidine rings is 2. The Bertz CT molecular complexity index is 1140. The lowest BCUT2D eigenvalue weighted by Gasteiger charge is -2.48. The molecule has 1 N–H and O–H groups in total. The molecule has 5 rings (SSSR count). The first-order valence-corrected chi connectivity index (χ1v) is 14.7. The molecule has 0 radical (unpaired) electrons. The van der Waals surface area contributed by atoms with Crippen LogP contribution in [0.1, 0.15) is 68.1 Å². The molecule has 2 heterocycles. The van der Waals surface area contributed by atoms with E-state index in [9.17, 15) is 9.59 Å². The van der Waals surface area contributed by atoms with E-state index in [0.29, 0.717) is 59.1 Å². The molecule has 39 heavy (non-hydrogen) atoms. The number of halogens is 1. The third kappa shape index (κ3) is 5.90. The van der Waals surface area contributed by atoms with E-state index in [1.807, 2.05) is 4.90 Å². The fourth-order valence-corrected chi connectivity index (χ4v) is 7.06. The van der Waals surface area contributed by atoms with Crippen LogP contribution in [0.2, 0.25) is 5.02 Å². The Morgan fingerprint density at radius 3 is 2.28 bits per heavy atom. The van der Waals surface area contributed by atoms with Crippen molar-refractivity contribution in [3.8, 4) is 11.5 Å². The highest BCUT2D eigenvalue weighted by atomic mass is 35.5. The summed E-state index contributed by atoms with van der Waals surface area (Å²) in [7, 11) is 3.17. The van der Waals surface area contributed by atoms with E-state index in [0.717, 1.165) is 45.2 Å². The molecule has 0 spiro atoms. The largest absolute Gasteiger partial charge is 0.497 e. The maximum atomic E-state index is 14.3. The Hall–Kier alpha value is -2.77. The van der Waals surface area contributed by atoms with Crippen molar-refractivity contribution in [3.05, 3.63) is 53.1 Å². The van der Waals surface area contributed by atoms with Gasteiger partial charge in [-0.3, -0.25) is 9.59 Å². The van der Waals surface area contributed by atoms with Gasteiger partial charge in [0, 0.05) is 47.1 Å². The number of fused-ring (bicyclic) bond motifs is 1. The smallest absolute Gasteiger partial charge is 0.254 e. The molecule has 7 nitrogen and oxygen atoms in total. The number of amides is 2. The van der Waals surface area contributed by atoms with E-state index in [1.54, 1.807) is 56.7 Å². The molecule has 2 aromatic carbocycles. The number of rotatable bonds is 8. The van der Waals surface area contributed by atoms with Crippen LogP contribution in [0.5, 0.6) is 11.5 Å². The van der Waals surface area contributed by atoms with Gasteiger partial charge in [0.2, 0.25) is 5.91 Å². The third-order valence-corrected chi connectivity index (χ3v) is 9.21. The number of nitrogens with zero attached hydrogens (tertiary/aromatic N) is 2. The molecular weight excluding hydrogens is 514 g/mol. The van der Waals surface area contributed by atoms with Crippen LogP contribution in [-0.2, 0) is 4.79 Å². The van der Waals surface area contributed by atoms with Crippen molar-refractivity contribution in [1.82, 2.24) is 9.80 Å². The molecule has 2 atom stereocenters. The van der Waals surface area contributed by atoms with Gasteiger partial charge in [-0.2, -0.15) is 0 Å². The van der Waals surface area contributed by atoms with E-state index in [4.69, 9.17) is 21.1 Å². The Morgan fingerprint density at radius 2 is 1.62 bits per heavy atom. The summed E-state index contributed by atoms with van der Waals surface area (Å²) in [5, 5.41) is 3.73. The van der Waals surface area contributed by atoms with Crippen molar-refractivity contribution in [2.75, 3.05) is 39.2 Å². The number of carbonyl (C=O) groups is 2. The number of hydrogen-bond acceptors (Lipinski definition) is 5. The quantitative estimate of drug-likeness (QED) is 0.433. The van der Waals surface area contributed by atoms with Gasteiger partial charge in [0.25, 0.3) is 5.91 Å². The van der Waals surface area contributed by atoms with Crippen molar-refractivity contribution in [2.45, 2.75) is 69.4 Å². The number of anilines is 1. The Morgan fingerprint density at radius 1 is 0.949 bits per heavy atom. The summed E-state index contributed by atoms with van der Waals surface area (Å²) in [4.78, 5) is 33.1. The topological polar surface area (TPSA) is 71.1 Å². The summed E-state index contributed by atoms with van der Waals surface area (Å²) in [6, 6.07) is 12.9. The van der Waals surface area contributed by atoms with Gasteiger partial charge in [-0.1, -0.05) is 30.9 Å². The molecule has 3 fully saturated rings. The normalized spacial score (nSPS) is 22.5. The van der Waals surface area contributed by atoms with Gasteiger partial charge in [-0.25, -0.2) is 0 Å². The molecule has 210 valence electrons. The molecule has 0 aromatic heterocycles. The summed E-state index contributed by atoms with van der Waals surface area (Å²) in [6.45, 7) is 2.85. The zero-order valence-electron chi connectivity index (χ0n) is 23.1. The second-order valence-electron chi connectivity index (χ2n) is 11.2. The van der Waals surface area contributed by atoms with Crippen molar-refractivity contribution >= 4 is 29.1 Å². The lowest BCUT2D eigenvalue weighted by Crippen LogP contribution is -2.61. The first kappa shape index (κ1) is 27.8. The van der Waals surface area contributed by atoms with Gasteiger partial charge in [-0.15, -0.1) is 0 Å². The van der Waals surface area contributed by atoms with E-state index in [1.165, 1.54) is 12.8 Å². The van der Waals surface area contributed by atoms with Crippen LogP contribution in [0.25, 0.3) is 0 Å². The summed E-state index contributed by atoms with van der Waals surface area (Å²) in [5.74, 6) is 1.30. The Labute approximate surface area is 236 Å². The number of carbonyl (C=O) groups excluding carboxylic acids is 2. The number of hydrogen-bond donors (Lipinski definition) is 1. The molecular formula is C31H40ClN3O4. The molecule has 2 aromatic rings. The summed E-state index contributed by atoms with van der Waals surface area (Å²) in [6.07, 6.45) is 8.93. The summed E-state index contributed by atoms with van der Waals surface area (Å²) < 4.78 is 10.8. The molecule has 1 saturated carbocycles. The van der Waals surface area contributed by atoms with Crippen LogP contribution >= 0.6 is 11.6 Å². The first-order valence-electron chi connectivity index (χ1n) is 14.3. The second-order valence-corrected chi connectivity index (χ2v) is 11.7. The fraction of sp³-hybridized carbons (Fsp3) is 0.548. The molecule has 2 aliphatic heterocycles. The van der Waals surface area contributed by atoms with Crippen molar-refractivity contribution in [1.29, 1.82) is 0 Å². The van der Waals surface area contributed by atoms with E-state index < -0.39 is 5.54 Å². The maximum absolute atomic E-state index is 14.3. The molecule has 0 unspecified atom stereocenters. The monoisotopic (exact) mass is 553 g/mol. The van der Waals surface area contributed by atoms with E-state index >= 15 is 0 Å². The van der Waals surface area contributed by atoms with Crippen LogP contribution in [0.4, 0.5) is 5.69 Å². The van der Waals surface area contributed by atoms with Crippen LogP contribution < -0.4 is 14.8 Å². The molecule has 8 heteroatoms. The summed E-state index contributed by atoms with van der Waals surface area (Å²) >= 11 is 6.16. The Kier molecular flexibility index (Phi) is 8.67. The predicted octanol–water partition coefficient (Wildman–Crippen LogP) is 6.02. The average Bonchev–Trinajstić information content (AvgIpc) is 3.47. The van der Waals surface area contributed by atoms with Crippen molar-refractivity contribution in [3.63, 3.8) is 0 Å². The Balaban J connectivity index is 1.49. The van der Waals surface area contributed by atoms with E-state index in [2.05, 4.69) is 10.2 Å². The van der Waals surface area contributed by atoms with Crippen molar-refractivity contribution < 1.29 is 19.1 Å². The van der Waals surface area contributed by atoms with Gasteiger partial charge in [0.15, 0.2) is 0 Å². The lowest BCUT2D eigenvalue weighted by molar-refractivity contribution is -0.127. The number of ether oxygens (including phenoxy) is 2. The third-order valence-electron chi connectivity index (χ3n) is 8.96. The molecule has 0 bridgehead atoms. The minimum atomic E-state index is -0.927. The minimum absolute atomic E-state index is 0.0973. The van der Waals surface area contributed by atoms with E-state index in [-0.39, 0.29) is 11.8 Å². The highest BCUT2D eigenvalue weighted by molar-refractivity contribution is 6.30. The highest BCUT2D eigenvalue weighted by Gasteiger charge is 2.50. The minimum Gasteiger partial charge on any atom is -0.497 e. The highest BCUT2D eigenvalue weighted by Crippen LogP contribution is 2.41. The standard InChI is InChI=1S/C31H40ClN3O4/c1-38-26-18-25(19-27(20-26)39-2)33-30(37)31(14-4-5-15-31)35(29(36)22-10-12-24(32)13-11-22)21-23-8-7-17-34-16-6-3-9-28(23)34/h10-13,18-20,23,28H,3-9,14-17,21H2,1-2H3,(H,33,37)/t23-,28+/m0/s1. The zero-order chi connectivity index (χ0) is 27.4. The van der Waals surface area contributed by atoms with Crippen LogP contribution in [0.3, 0.4) is 0 Å².